The molecule has 1 N–H and O–H groups in total. The van der Waals surface area contributed by atoms with Gasteiger partial charge in [0.05, 0.1) is 46.0 Å². The molecule has 0 unspecified atom stereocenters. The number of thiazole rings is 1. The Morgan fingerprint density at radius 2 is 2.09 bits per heavy atom. The fourth-order valence-electron chi connectivity index (χ4n) is 4.13. The molecule has 2 aromatic carbocycles. The normalized spacial score (nSPS) is 18.4. The number of ether oxygens (including phenoxy) is 2. The molecule has 0 aliphatic carbocycles. The van der Waals surface area contributed by atoms with Crippen LogP contribution in [0, 0.1) is 0 Å². The lowest BCUT2D eigenvalue weighted by Crippen LogP contribution is -2.37. The minimum Gasteiger partial charge on any atom is -0.486 e. The van der Waals surface area contributed by atoms with E-state index in [0.717, 1.165) is 27.0 Å². The molecule has 4 heterocycles. The first-order valence-electron chi connectivity index (χ1n) is 10.9. The van der Waals surface area contributed by atoms with E-state index in [4.69, 9.17) is 9.47 Å². The van der Waals surface area contributed by atoms with Gasteiger partial charge in [-0.15, -0.1) is 11.3 Å². The van der Waals surface area contributed by atoms with Gasteiger partial charge in [0.25, 0.3) is 0 Å². The van der Waals surface area contributed by atoms with Crippen LogP contribution in [-0.2, 0) is 11.8 Å². The number of rotatable bonds is 5. The number of halogens is 1. The summed E-state index contributed by atoms with van der Waals surface area (Å²) in [5.41, 5.74) is 6.13. The van der Waals surface area contributed by atoms with Crippen LogP contribution < -0.4 is 10.1 Å². The topological polar surface area (TPSA) is 87.0 Å². The number of aryl methyl sites for hydroxylation is 1. The van der Waals surface area contributed by atoms with Crippen LogP contribution in [0.2, 0.25) is 0 Å². The maximum Gasteiger partial charge on any atom is 0.160 e. The Kier molecular flexibility index (Phi) is 5.31. The van der Waals surface area contributed by atoms with Crippen LogP contribution in [0.25, 0.3) is 32.2 Å². The number of nitrogens with one attached hydrogen (secondary N) is 1. The van der Waals surface area contributed by atoms with Gasteiger partial charge in [-0.05, 0) is 35.9 Å². The molecule has 1 aliphatic heterocycles. The second kappa shape index (κ2) is 8.62. The lowest BCUT2D eigenvalue weighted by atomic mass is 10.0. The summed E-state index contributed by atoms with van der Waals surface area (Å²) in [5, 5.41) is 8.36. The Labute approximate surface area is 198 Å². The average Bonchev–Trinajstić information content (AvgIpc) is 3.49. The highest BCUT2D eigenvalue weighted by molar-refractivity contribution is 7.16. The van der Waals surface area contributed by atoms with Crippen molar-refractivity contribution in [3.63, 3.8) is 0 Å². The Morgan fingerprint density at radius 1 is 1.15 bits per heavy atom. The summed E-state index contributed by atoms with van der Waals surface area (Å²) < 4.78 is 28.9. The summed E-state index contributed by atoms with van der Waals surface area (Å²) in [5.74, 6) is 1.11. The summed E-state index contributed by atoms with van der Waals surface area (Å²) >= 11 is 1.57. The van der Waals surface area contributed by atoms with E-state index in [1.807, 2.05) is 49.1 Å². The quantitative estimate of drug-likeness (QED) is 0.386. The molecule has 8 nitrogen and oxygen atoms in total. The molecule has 10 heteroatoms. The minimum absolute atomic E-state index is 0.0291. The zero-order valence-electron chi connectivity index (χ0n) is 18.3. The van der Waals surface area contributed by atoms with Gasteiger partial charge in [-0.1, -0.05) is 0 Å². The van der Waals surface area contributed by atoms with E-state index in [-0.39, 0.29) is 6.61 Å². The Bertz CT molecular complexity index is 1490. The lowest BCUT2D eigenvalue weighted by Gasteiger charge is -2.27. The van der Waals surface area contributed by atoms with Gasteiger partial charge in [-0.25, -0.2) is 19.3 Å². The van der Waals surface area contributed by atoms with Gasteiger partial charge in [0.2, 0.25) is 0 Å². The third kappa shape index (κ3) is 3.95. The smallest absolute Gasteiger partial charge is 0.160 e. The van der Waals surface area contributed by atoms with Crippen molar-refractivity contribution in [3.8, 4) is 16.9 Å². The van der Waals surface area contributed by atoms with Crippen molar-refractivity contribution in [2.45, 2.75) is 18.7 Å². The molecule has 0 saturated carbocycles. The molecular weight excluding hydrogens is 455 g/mol. The predicted octanol–water partition coefficient (Wildman–Crippen LogP) is 4.89. The van der Waals surface area contributed by atoms with Crippen LogP contribution in [-0.4, -0.2) is 50.2 Å². The highest BCUT2D eigenvalue weighted by Crippen LogP contribution is 2.38. The molecule has 0 bridgehead atoms. The van der Waals surface area contributed by atoms with Gasteiger partial charge in [-0.3, -0.25) is 4.68 Å². The number of alkyl halides is 1. The molecule has 34 heavy (non-hydrogen) atoms. The molecule has 1 fully saturated rings. The van der Waals surface area contributed by atoms with Gasteiger partial charge < -0.3 is 14.8 Å². The number of aromatic nitrogens is 5. The molecular formula is C24H21FN6O2S. The molecule has 0 amide bonds. The van der Waals surface area contributed by atoms with Gasteiger partial charge in [0, 0.05) is 30.9 Å². The third-order valence-electron chi connectivity index (χ3n) is 5.84. The third-order valence-corrected chi connectivity index (χ3v) is 6.63. The van der Waals surface area contributed by atoms with Crippen molar-refractivity contribution in [2.75, 3.05) is 18.5 Å². The highest BCUT2D eigenvalue weighted by Gasteiger charge is 2.28. The van der Waals surface area contributed by atoms with Crippen molar-refractivity contribution in [1.29, 1.82) is 0 Å². The summed E-state index contributed by atoms with van der Waals surface area (Å²) in [7, 11) is 1.86. The lowest BCUT2D eigenvalue weighted by molar-refractivity contribution is -0.0376. The standard InChI is InChI=1S/C24H21FN6O2S/c1-31-10-15(9-29-31)14-6-19-23(21(7-14)33-20-4-5-32-11-17(20)25)24(27-12-26-19)30-16-2-3-18-22(8-16)34-13-28-18/h2-3,6-10,12-13,17,20H,4-5,11H2,1H3,(H,26,27,30)/t17-,20-/m1/s1. The average molecular weight is 477 g/mol. The summed E-state index contributed by atoms with van der Waals surface area (Å²) in [6, 6.07) is 9.82. The first-order chi connectivity index (χ1) is 16.6. The van der Waals surface area contributed by atoms with E-state index in [9.17, 15) is 4.39 Å². The van der Waals surface area contributed by atoms with E-state index < -0.39 is 12.3 Å². The molecule has 1 aliphatic rings. The first-order valence-corrected chi connectivity index (χ1v) is 11.8. The summed E-state index contributed by atoms with van der Waals surface area (Å²) in [4.78, 5) is 13.3. The van der Waals surface area contributed by atoms with Gasteiger partial charge in [0.1, 0.15) is 24.0 Å². The van der Waals surface area contributed by atoms with Crippen molar-refractivity contribution < 1.29 is 13.9 Å². The van der Waals surface area contributed by atoms with Crippen LogP contribution >= 0.6 is 11.3 Å². The van der Waals surface area contributed by atoms with E-state index >= 15 is 0 Å². The van der Waals surface area contributed by atoms with Crippen molar-refractivity contribution >= 4 is 44.0 Å². The predicted molar refractivity (Wildman–Crippen MR) is 129 cm³/mol. The van der Waals surface area contributed by atoms with E-state index in [1.54, 1.807) is 22.2 Å². The van der Waals surface area contributed by atoms with Crippen LogP contribution in [0.15, 0.2) is 54.6 Å². The number of fused-ring (bicyclic) bond motifs is 2. The Morgan fingerprint density at radius 3 is 2.94 bits per heavy atom. The monoisotopic (exact) mass is 476 g/mol. The maximum atomic E-state index is 14.6. The van der Waals surface area contributed by atoms with Crippen LogP contribution in [0.3, 0.4) is 0 Å². The molecule has 3 aromatic heterocycles. The second-order valence-corrected chi connectivity index (χ2v) is 9.08. The molecule has 5 aromatic rings. The molecule has 6 rings (SSSR count). The Balaban J connectivity index is 1.46. The van der Waals surface area contributed by atoms with Crippen molar-refractivity contribution in [3.05, 3.63) is 54.6 Å². The van der Waals surface area contributed by atoms with Crippen molar-refractivity contribution in [1.82, 2.24) is 24.7 Å². The summed E-state index contributed by atoms with van der Waals surface area (Å²) in [6.45, 7) is 0.489. The summed E-state index contributed by atoms with van der Waals surface area (Å²) in [6.07, 6.45) is 3.87. The number of hydrogen-bond acceptors (Lipinski definition) is 8. The maximum absolute atomic E-state index is 14.6. The molecule has 172 valence electrons. The van der Waals surface area contributed by atoms with E-state index in [1.165, 1.54) is 6.33 Å². The van der Waals surface area contributed by atoms with E-state index in [2.05, 4.69) is 25.4 Å². The van der Waals surface area contributed by atoms with E-state index in [0.29, 0.717) is 35.5 Å². The molecule has 0 radical (unpaired) electrons. The Hall–Kier alpha value is -3.63. The molecule has 0 spiro atoms. The SMILES string of the molecule is Cn1cc(-c2cc(O[C@@H]3CCOC[C@H]3F)c3c(Nc4ccc5ncsc5c4)ncnc3c2)cn1. The zero-order valence-corrected chi connectivity index (χ0v) is 19.1. The van der Waals surface area contributed by atoms with Crippen LogP contribution in [0.4, 0.5) is 15.9 Å². The number of anilines is 2. The fourth-order valence-corrected chi connectivity index (χ4v) is 4.84. The first kappa shape index (κ1) is 20.9. The zero-order chi connectivity index (χ0) is 23.1. The van der Waals surface area contributed by atoms with Crippen molar-refractivity contribution in [2.24, 2.45) is 7.05 Å². The minimum atomic E-state index is -1.21. The number of benzene rings is 2. The highest BCUT2D eigenvalue weighted by atomic mass is 32.1. The molecule has 2 atom stereocenters. The van der Waals surface area contributed by atoms with Crippen LogP contribution in [0.5, 0.6) is 5.75 Å². The van der Waals surface area contributed by atoms with Gasteiger partial charge in [0.15, 0.2) is 6.17 Å². The number of hydrogen-bond donors (Lipinski definition) is 1. The van der Waals surface area contributed by atoms with Gasteiger partial charge in [-0.2, -0.15) is 5.10 Å². The fraction of sp³-hybridized carbons (Fsp3) is 0.250. The second-order valence-electron chi connectivity index (χ2n) is 8.19. The molecule has 1 saturated heterocycles. The largest absolute Gasteiger partial charge is 0.486 e. The number of nitrogens with zero attached hydrogens (tertiary/aromatic N) is 5. The van der Waals surface area contributed by atoms with Gasteiger partial charge >= 0.3 is 0 Å². The van der Waals surface area contributed by atoms with Crippen LogP contribution in [0.1, 0.15) is 6.42 Å².